The summed E-state index contributed by atoms with van der Waals surface area (Å²) in [6.45, 7) is 10.5. The fourth-order valence-corrected chi connectivity index (χ4v) is 3.53. The van der Waals surface area contributed by atoms with E-state index in [0.29, 0.717) is 0 Å². The number of amides is 1. The molecule has 25 heavy (non-hydrogen) atoms. The van der Waals surface area contributed by atoms with E-state index in [1.54, 1.807) is 0 Å². The molecule has 6 nitrogen and oxygen atoms in total. The number of carbonyl (C=O) groups excluding carboxylic acids is 1. The van der Waals surface area contributed by atoms with Crippen LogP contribution in [0.3, 0.4) is 0 Å². The van der Waals surface area contributed by atoms with Crippen molar-refractivity contribution in [2.45, 2.75) is 58.4 Å². The number of guanidine groups is 1. The van der Waals surface area contributed by atoms with E-state index in [-0.39, 0.29) is 36.4 Å². The Morgan fingerprint density at radius 3 is 2.52 bits per heavy atom. The van der Waals surface area contributed by atoms with Gasteiger partial charge in [-0.05, 0) is 52.5 Å². The van der Waals surface area contributed by atoms with Gasteiger partial charge in [0.25, 0.3) is 0 Å². The number of nitrogens with zero attached hydrogens (tertiary/aromatic N) is 3. The summed E-state index contributed by atoms with van der Waals surface area (Å²) in [7, 11) is 0. The maximum absolute atomic E-state index is 12.1. The molecule has 2 fully saturated rings. The van der Waals surface area contributed by atoms with Gasteiger partial charge in [0.15, 0.2) is 5.96 Å². The molecular formula is C18H36IN5O. The first kappa shape index (κ1) is 22.5. The Bertz CT molecular complexity index is 412. The van der Waals surface area contributed by atoms with Crippen LogP contribution in [0.1, 0.15) is 52.4 Å². The lowest BCUT2D eigenvalue weighted by Gasteiger charge is -2.33. The summed E-state index contributed by atoms with van der Waals surface area (Å²) in [6.07, 6.45) is 7.40. The van der Waals surface area contributed by atoms with Gasteiger partial charge in [-0.25, -0.2) is 4.99 Å². The summed E-state index contributed by atoms with van der Waals surface area (Å²) in [6, 6.07) is 0.721. The molecule has 2 aliphatic heterocycles. The number of piperidine rings is 1. The number of hydrogen-bond acceptors (Lipinski definition) is 3. The molecule has 0 radical (unpaired) electrons. The normalized spacial score (nSPS) is 21.8. The molecule has 1 amide bonds. The van der Waals surface area contributed by atoms with Gasteiger partial charge >= 0.3 is 0 Å². The molecule has 2 aliphatic rings. The Labute approximate surface area is 170 Å². The van der Waals surface area contributed by atoms with Gasteiger partial charge in [0.2, 0.25) is 5.91 Å². The van der Waals surface area contributed by atoms with Gasteiger partial charge in [-0.15, -0.1) is 24.0 Å². The Hall–Kier alpha value is -0.570. The highest BCUT2D eigenvalue weighted by Gasteiger charge is 2.18. The Morgan fingerprint density at radius 2 is 1.84 bits per heavy atom. The molecule has 2 heterocycles. The predicted molar refractivity (Wildman–Crippen MR) is 115 cm³/mol. The van der Waals surface area contributed by atoms with E-state index in [1.807, 2.05) is 4.90 Å². The van der Waals surface area contributed by atoms with Gasteiger partial charge < -0.3 is 20.4 Å². The van der Waals surface area contributed by atoms with E-state index in [4.69, 9.17) is 0 Å². The average Bonchev–Trinajstić information content (AvgIpc) is 3.12. The highest BCUT2D eigenvalue weighted by atomic mass is 127. The summed E-state index contributed by atoms with van der Waals surface area (Å²) < 4.78 is 0. The summed E-state index contributed by atoms with van der Waals surface area (Å²) in [5, 5.41) is 6.59. The van der Waals surface area contributed by atoms with Crippen LogP contribution in [0.5, 0.6) is 0 Å². The van der Waals surface area contributed by atoms with Crippen LogP contribution in [0.15, 0.2) is 4.99 Å². The topological polar surface area (TPSA) is 60.0 Å². The molecule has 1 unspecified atom stereocenters. The third kappa shape index (κ3) is 8.11. The number of likely N-dealkylation sites (tertiary alicyclic amines) is 2. The minimum Gasteiger partial charge on any atom is -0.357 e. The minimum absolute atomic E-state index is 0. The quantitative estimate of drug-likeness (QED) is 0.262. The molecule has 2 rings (SSSR count). The minimum atomic E-state index is 0. The summed E-state index contributed by atoms with van der Waals surface area (Å²) in [5.74, 6) is 0.906. The van der Waals surface area contributed by atoms with E-state index < -0.39 is 0 Å². The first-order valence-electron chi connectivity index (χ1n) is 9.74. The molecular weight excluding hydrogens is 429 g/mol. The van der Waals surface area contributed by atoms with E-state index in [0.717, 1.165) is 64.0 Å². The maximum Gasteiger partial charge on any atom is 0.244 e. The molecule has 2 N–H and O–H groups in total. The number of aliphatic imine (C=N–C) groups is 1. The molecule has 146 valence electrons. The molecule has 0 spiro atoms. The Balaban J connectivity index is 0.00000312. The van der Waals surface area contributed by atoms with Crippen molar-refractivity contribution < 1.29 is 4.79 Å². The standard InChI is InChI=1S/C18H35N5O.HI/c1-3-19-18(21-15-17(24)23-12-6-7-13-23)20-10-8-14-22-11-5-4-9-16(22)2;/h16H,3-15H2,1-2H3,(H2,19,20,21);1H. The Morgan fingerprint density at radius 1 is 1.12 bits per heavy atom. The van der Waals surface area contributed by atoms with Gasteiger partial charge in [-0.2, -0.15) is 0 Å². The number of halogens is 1. The number of rotatable bonds is 7. The smallest absolute Gasteiger partial charge is 0.244 e. The second kappa shape index (κ2) is 12.7. The molecule has 1 atom stereocenters. The van der Waals surface area contributed by atoms with Gasteiger partial charge in [-0.1, -0.05) is 6.42 Å². The fraction of sp³-hybridized carbons (Fsp3) is 0.889. The zero-order valence-electron chi connectivity index (χ0n) is 15.9. The molecule has 0 aromatic rings. The van der Waals surface area contributed by atoms with Gasteiger partial charge in [0.05, 0.1) is 0 Å². The monoisotopic (exact) mass is 465 g/mol. The highest BCUT2D eigenvalue weighted by molar-refractivity contribution is 14.0. The van der Waals surface area contributed by atoms with Crippen LogP contribution < -0.4 is 10.6 Å². The predicted octanol–water partition coefficient (Wildman–Crippen LogP) is 2.05. The maximum atomic E-state index is 12.1. The molecule has 0 saturated carbocycles. The van der Waals surface area contributed by atoms with Crippen molar-refractivity contribution in [1.29, 1.82) is 0 Å². The van der Waals surface area contributed by atoms with Crippen molar-refractivity contribution in [1.82, 2.24) is 20.4 Å². The number of carbonyl (C=O) groups is 1. The van der Waals surface area contributed by atoms with E-state index in [1.165, 1.54) is 25.8 Å². The lowest BCUT2D eigenvalue weighted by atomic mass is 10.0. The van der Waals surface area contributed by atoms with Crippen LogP contribution in [0, 0.1) is 0 Å². The summed E-state index contributed by atoms with van der Waals surface area (Å²) in [4.78, 5) is 21.0. The van der Waals surface area contributed by atoms with Crippen LogP contribution >= 0.6 is 24.0 Å². The first-order chi connectivity index (χ1) is 11.7. The summed E-state index contributed by atoms with van der Waals surface area (Å²) in [5.41, 5.74) is 0. The largest absolute Gasteiger partial charge is 0.357 e. The first-order valence-corrected chi connectivity index (χ1v) is 9.74. The van der Waals surface area contributed by atoms with Gasteiger partial charge in [0.1, 0.15) is 6.54 Å². The second-order valence-corrected chi connectivity index (χ2v) is 6.94. The second-order valence-electron chi connectivity index (χ2n) is 6.94. The van der Waals surface area contributed by atoms with Crippen molar-refractivity contribution in [3.63, 3.8) is 0 Å². The average molecular weight is 465 g/mol. The van der Waals surface area contributed by atoms with Crippen LogP contribution in [0.4, 0.5) is 0 Å². The molecule has 0 aromatic heterocycles. The number of nitrogens with one attached hydrogen (secondary N) is 2. The van der Waals surface area contributed by atoms with Crippen molar-refractivity contribution in [3.05, 3.63) is 0 Å². The van der Waals surface area contributed by atoms with Crippen molar-refractivity contribution >= 4 is 35.8 Å². The SMILES string of the molecule is CCNC(=NCC(=O)N1CCCC1)NCCCN1CCCCC1C.I. The zero-order chi connectivity index (χ0) is 17.2. The van der Waals surface area contributed by atoms with E-state index >= 15 is 0 Å². The van der Waals surface area contributed by atoms with Crippen LogP contribution in [-0.2, 0) is 4.79 Å². The van der Waals surface area contributed by atoms with Crippen molar-refractivity contribution in [2.24, 2.45) is 4.99 Å². The lowest BCUT2D eigenvalue weighted by Crippen LogP contribution is -2.42. The van der Waals surface area contributed by atoms with Gasteiger partial charge in [-0.3, -0.25) is 4.79 Å². The fourth-order valence-electron chi connectivity index (χ4n) is 3.53. The molecule has 2 saturated heterocycles. The lowest BCUT2D eigenvalue weighted by molar-refractivity contribution is -0.128. The van der Waals surface area contributed by atoms with Crippen LogP contribution in [0.25, 0.3) is 0 Å². The molecule has 0 aliphatic carbocycles. The molecule has 0 aromatic carbocycles. The van der Waals surface area contributed by atoms with Crippen LogP contribution in [-0.4, -0.2) is 73.5 Å². The van der Waals surface area contributed by atoms with Crippen LogP contribution in [0.2, 0.25) is 0 Å². The third-order valence-electron chi connectivity index (χ3n) is 5.03. The number of hydrogen-bond donors (Lipinski definition) is 2. The highest BCUT2D eigenvalue weighted by Crippen LogP contribution is 2.16. The third-order valence-corrected chi connectivity index (χ3v) is 5.03. The Kier molecular flexibility index (Phi) is 11.4. The van der Waals surface area contributed by atoms with Crippen molar-refractivity contribution in [3.8, 4) is 0 Å². The molecule has 7 heteroatoms. The van der Waals surface area contributed by atoms with Gasteiger partial charge in [0, 0.05) is 38.8 Å². The van der Waals surface area contributed by atoms with E-state index in [9.17, 15) is 4.79 Å². The summed E-state index contributed by atoms with van der Waals surface area (Å²) >= 11 is 0. The molecule has 0 bridgehead atoms. The van der Waals surface area contributed by atoms with Crippen molar-refractivity contribution in [2.75, 3.05) is 45.8 Å². The van der Waals surface area contributed by atoms with E-state index in [2.05, 4.69) is 34.4 Å². The zero-order valence-corrected chi connectivity index (χ0v) is 18.3.